The minimum absolute atomic E-state index is 0.138. The SMILES string of the molecule is CC(C)[C@@]1(O)C[C@H]2CC[C@]1(C)C2(C)C. The van der Waals surface area contributed by atoms with Gasteiger partial charge >= 0.3 is 0 Å². The van der Waals surface area contributed by atoms with Gasteiger partial charge in [-0.25, -0.2) is 0 Å². The van der Waals surface area contributed by atoms with E-state index in [4.69, 9.17) is 0 Å². The summed E-state index contributed by atoms with van der Waals surface area (Å²) in [6.07, 6.45) is 3.55. The lowest BCUT2D eigenvalue weighted by Crippen LogP contribution is -2.50. The van der Waals surface area contributed by atoms with E-state index in [-0.39, 0.29) is 5.41 Å². The summed E-state index contributed by atoms with van der Waals surface area (Å²) in [6, 6.07) is 0. The molecule has 0 aromatic rings. The highest BCUT2D eigenvalue weighted by atomic mass is 16.3. The van der Waals surface area contributed by atoms with Crippen LogP contribution < -0.4 is 0 Å². The molecule has 0 heterocycles. The Labute approximate surface area is 87.9 Å². The van der Waals surface area contributed by atoms with Gasteiger partial charge in [0.2, 0.25) is 0 Å². The van der Waals surface area contributed by atoms with Crippen LogP contribution >= 0.6 is 0 Å². The first-order chi connectivity index (χ1) is 6.26. The summed E-state index contributed by atoms with van der Waals surface area (Å²) in [5.41, 5.74) is 0.0459. The van der Waals surface area contributed by atoms with E-state index in [9.17, 15) is 5.11 Å². The van der Waals surface area contributed by atoms with Crippen LogP contribution in [0.15, 0.2) is 0 Å². The summed E-state index contributed by atoms with van der Waals surface area (Å²) < 4.78 is 0. The molecule has 0 radical (unpaired) electrons. The molecule has 2 fully saturated rings. The molecule has 0 aromatic heterocycles. The lowest BCUT2D eigenvalue weighted by Gasteiger charge is -2.47. The molecule has 2 aliphatic carbocycles. The molecule has 2 bridgehead atoms. The van der Waals surface area contributed by atoms with E-state index < -0.39 is 5.60 Å². The van der Waals surface area contributed by atoms with Crippen molar-refractivity contribution < 1.29 is 5.11 Å². The molecule has 1 heteroatoms. The molecule has 2 rings (SSSR count). The second kappa shape index (κ2) is 2.55. The maximum atomic E-state index is 10.9. The molecular weight excluding hydrogens is 172 g/mol. The van der Waals surface area contributed by atoms with Crippen LogP contribution in [0.2, 0.25) is 0 Å². The third-order valence-electron chi connectivity index (χ3n) is 5.90. The van der Waals surface area contributed by atoms with Gasteiger partial charge in [-0.3, -0.25) is 0 Å². The zero-order valence-electron chi connectivity index (χ0n) is 10.2. The summed E-state index contributed by atoms with van der Waals surface area (Å²) in [5.74, 6) is 1.12. The fourth-order valence-electron chi connectivity index (χ4n) is 4.20. The smallest absolute Gasteiger partial charge is 0.0731 e. The highest BCUT2D eigenvalue weighted by molar-refractivity contribution is 5.18. The van der Waals surface area contributed by atoms with E-state index in [2.05, 4.69) is 34.6 Å². The summed E-state index contributed by atoms with van der Waals surface area (Å²) in [6.45, 7) is 11.3. The minimum atomic E-state index is -0.417. The van der Waals surface area contributed by atoms with Crippen molar-refractivity contribution in [1.29, 1.82) is 0 Å². The molecule has 0 unspecified atom stereocenters. The van der Waals surface area contributed by atoms with Gasteiger partial charge in [-0.15, -0.1) is 0 Å². The van der Waals surface area contributed by atoms with Crippen molar-refractivity contribution in [2.24, 2.45) is 22.7 Å². The predicted molar refractivity (Wildman–Crippen MR) is 59.0 cm³/mol. The van der Waals surface area contributed by atoms with Crippen LogP contribution in [0.25, 0.3) is 0 Å². The highest BCUT2D eigenvalue weighted by Gasteiger charge is 2.68. The molecule has 14 heavy (non-hydrogen) atoms. The van der Waals surface area contributed by atoms with Crippen LogP contribution in [0.3, 0.4) is 0 Å². The zero-order chi connectivity index (χ0) is 10.8. The van der Waals surface area contributed by atoms with Crippen LogP contribution in [0, 0.1) is 22.7 Å². The van der Waals surface area contributed by atoms with Gasteiger partial charge in [0.1, 0.15) is 0 Å². The van der Waals surface area contributed by atoms with Crippen LogP contribution in [-0.4, -0.2) is 10.7 Å². The Morgan fingerprint density at radius 2 is 1.79 bits per heavy atom. The van der Waals surface area contributed by atoms with Gasteiger partial charge in [-0.05, 0) is 36.5 Å². The number of aliphatic hydroxyl groups is 1. The summed E-state index contributed by atoms with van der Waals surface area (Å²) in [5, 5.41) is 10.9. The van der Waals surface area contributed by atoms with Crippen molar-refractivity contribution in [2.45, 2.75) is 59.5 Å². The molecule has 0 spiro atoms. The first kappa shape index (κ1) is 10.5. The van der Waals surface area contributed by atoms with E-state index in [1.165, 1.54) is 12.8 Å². The topological polar surface area (TPSA) is 20.2 Å². The van der Waals surface area contributed by atoms with Gasteiger partial charge in [0.15, 0.2) is 0 Å². The van der Waals surface area contributed by atoms with Crippen LogP contribution in [0.1, 0.15) is 53.9 Å². The Kier molecular flexibility index (Phi) is 1.91. The molecular formula is C13H24O. The standard InChI is InChI=1S/C13H24O/c1-9(2)13(14)8-10-6-7-12(13,5)11(10,3)4/h9-10,14H,6-8H2,1-5H3/t10-,12-,13+/m1/s1. The summed E-state index contributed by atoms with van der Waals surface area (Å²) >= 11 is 0. The lowest BCUT2D eigenvalue weighted by atomic mass is 9.61. The molecule has 0 aromatic carbocycles. The summed E-state index contributed by atoms with van der Waals surface area (Å²) in [7, 11) is 0. The van der Waals surface area contributed by atoms with Crippen LogP contribution in [0.4, 0.5) is 0 Å². The molecule has 1 N–H and O–H groups in total. The third kappa shape index (κ3) is 0.856. The zero-order valence-corrected chi connectivity index (χ0v) is 10.2. The summed E-state index contributed by atoms with van der Waals surface area (Å²) in [4.78, 5) is 0. The van der Waals surface area contributed by atoms with Gasteiger partial charge in [-0.2, -0.15) is 0 Å². The highest BCUT2D eigenvalue weighted by Crippen LogP contribution is 2.71. The molecule has 2 aliphatic rings. The monoisotopic (exact) mass is 196 g/mol. The van der Waals surface area contributed by atoms with Crippen molar-refractivity contribution in [3.63, 3.8) is 0 Å². The number of hydrogen-bond acceptors (Lipinski definition) is 1. The molecule has 0 saturated heterocycles. The van der Waals surface area contributed by atoms with Crippen molar-refractivity contribution in [3.05, 3.63) is 0 Å². The minimum Gasteiger partial charge on any atom is -0.389 e. The van der Waals surface area contributed by atoms with Crippen molar-refractivity contribution >= 4 is 0 Å². The maximum absolute atomic E-state index is 10.9. The van der Waals surface area contributed by atoms with Crippen LogP contribution in [0.5, 0.6) is 0 Å². The fourth-order valence-corrected chi connectivity index (χ4v) is 4.20. The van der Waals surface area contributed by atoms with E-state index in [1.807, 2.05) is 0 Å². The average Bonchev–Trinajstić information content (AvgIpc) is 2.36. The molecule has 2 saturated carbocycles. The molecule has 1 nitrogen and oxygen atoms in total. The van der Waals surface area contributed by atoms with Crippen LogP contribution in [-0.2, 0) is 0 Å². The van der Waals surface area contributed by atoms with E-state index >= 15 is 0 Å². The second-order valence-electron chi connectivity index (χ2n) is 6.57. The predicted octanol–water partition coefficient (Wildman–Crippen LogP) is 3.22. The Bertz CT molecular complexity index is 256. The van der Waals surface area contributed by atoms with Gasteiger partial charge in [0, 0.05) is 5.41 Å². The first-order valence-electron chi connectivity index (χ1n) is 5.98. The largest absolute Gasteiger partial charge is 0.389 e. The van der Waals surface area contributed by atoms with E-state index in [0.717, 1.165) is 12.3 Å². The Balaban J connectivity index is 2.45. The Morgan fingerprint density at radius 1 is 1.21 bits per heavy atom. The van der Waals surface area contributed by atoms with Gasteiger partial charge in [0.25, 0.3) is 0 Å². The Hall–Kier alpha value is -0.0400. The maximum Gasteiger partial charge on any atom is 0.0731 e. The van der Waals surface area contributed by atoms with Crippen molar-refractivity contribution in [1.82, 2.24) is 0 Å². The first-order valence-corrected chi connectivity index (χ1v) is 5.98. The van der Waals surface area contributed by atoms with Gasteiger partial charge < -0.3 is 5.11 Å². The third-order valence-corrected chi connectivity index (χ3v) is 5.90. The quantitative estimate of drug-likeness (QED) is 0.682. The average molecular weight is 196 g/mol. The lowest BCUT2D eigenvalue weighted by molar-refractivity contribution is -0.121. The molecule has 0 aliphatic heterocycles. The number of rotatable bonds is 1. The van der Waals surface area contributed by atoms with Gasteiger partial charge in [-0.1, -0.05) is 34.6 Å². The van der Waals surface area contributed by atoms with E-state index in [1.54, 1.807) is 0 Å². The van der Waals surface area contributed by atoms with Crippen molar-refractivity contribution in [2.75, 3.05) is 0 Å². The number of hydrogen-bond donors (Lipinski definition) is 1. The van der Waals surface area contributed by atoms with Crippen molar-refractivity contribution in [3.8, 4) is 0 Å². The normalized spacial score (nSPS) is 50.4. The molecule has 82 valence electrons. The Morgan fingerprint density at radius 3 is 2.00 bits per heavy atom. The van der Waals surface area contributed by atoms with E-state index in [0.29, 0.717) is 11.3 Å². The second-order valence-corrected chi connectivity index (χ2v) is 6.57. The molecule has 3 atom stereocenters. The van der Waals surface area contributed by atoms with Gasteiger partial charge in [0.05, 0.1) is 5.60 Å². The number of fused-ring (bicyclic) bond motifs is 2. The molecule has 0 amide bonds. The fraction of sp³-hybridized carbons (Fsp3) is 1.00.